The van der Waals surface area contributed by atoms with Gasteiger partial charge in [0.25, 0.3) is 5.91 Å². The van der Waals surface area contributed by atoms with Crippen LogP contribution in [-0.4, -0.2) is 57.0 Å². The Hall–Kier alpha value is -3.80. The first-order valence-electron chi connectivity index (χ1n) is 9.15. The number of carbonyl (C=O) groups excluding carboxylic acids is 1. The molecule has 1 amide bonds. The summed E-state index contributed by atoms with van der Waals surface area (Å²) in [6, 6.07) is 11.4. The van der Waals surface area contributed by atoms with Gasteiger partial charge in [0.1, 0.15) is 11.6 Å². The van der Waals surface area contributed by atoms with Crippen molar-refractivity contribution in [1.29, 1.82) is 5.26 Å². The van der Waals surface area contributed by atoms with Crippen molar-refractivity contribution in [2.75, 3.05) is 31.1 Å². The third-order valence-corrected chi connectivity index (χ3v) is 4.93. The van der Waals surface area contributed by atoms with Gasteiger partial charge >= 0.3 is 0 Å². The number of halogens is 1. The number of hydrogen-bond acceptors (Lipinski definition) is 6. The molecule has 1 saturated heterocycles. The van der Waals surface area contributed by atoms with Crippen LogP contribution < -0.4 is 4.90 Å². The van der Waals surface area contributed by atoms with Gasteiger partial charge in [0.2, 0.25) is 0 Å². The lowest BCUT2D eigenvalue weighted by Gasteiger charge is -2.35. The lowest BCUT2D eigenvalue weighted by molar-refractivity contribution is 0.0739. The van der Waals surface area contributed by atoms with Crippen molar-refractivity contribution in [1.82, 2.24) is 24.9 Å². The van der Waals surface area contributed by atoms with Crippen LogP contribution in [0.1, 0.15) is 21.7 Å². The van der Waals surface area contributed by atoms with Gasteiger partial charge in [0.05, 0.1) is 23.0 Å². The molecule has 0 bridgehead atoms. The lowest BCUT2D eigenvalue weighted by atomic mass is 10.2. The Morgan fingerprint density at radius 3 is 2.55 bits per heavy atom. The van der Waals surface area contributed by atoms with Gasteiger partial charge in [-0.15, -0.1) is 5.10 Å². The van der Waals surface area contributed by atoms with Crippen LogP contribution in [0.4, 0.5) is 10.2 Å². The zero-order valence-electron chi connectivity index (χ0n) is 15.8. The van der Waals surface area contributed by atoms with E-state index < -0.39 is 0 Å². The summed E-state index contributed by atoms with van der Waals surface area (Å²) in [7, 11) is 0. The molecule has 8 nitrogen and oxygen atoms in total. The number of hydrogen-bond donors (Lipinski definition) is 0. The summed E-state index contributed by atoms with van der Waals surface area (Å²) in [5.41, 5.74) is 2.09. The number of amides is 1. The zero-order chi connectivity index (χ0) is 20.4. The molecule has 0 aliphatic carbocycles. The SMILES string of the molecule is Cc1c(C(=O)N2CCN(c3cc(C#N)ccn3)CC2)nnn1-c1ccc(F)cc1. The summed E-state index contributed by atoms with van der Waals surface area (Å²) in [6.45, 7) is 4.02. The number of aromatic nitrogens is 4. The minimum Gasteiger partial charge on any atom is -0.353 e. The Morgan fingerprint density at radius 2 is 1.86 bits per heavy atom. The summed E-state index contributed by atoms with van der Waals surface area (Å²) in [5, 5.41) is 17.2. The second-order valence-electron chi connectivity index (χ2n) is 6.71. The average molecular weight is 391 g/mol. The Balaban J connectivity index is 1.46. The highest BCUT2D eigenvalue weighted by Crippen LogP contribution is 2.18. The average Bonchev–Trinajstić information content (AvgIpc) is 3.15. The first-order chi connectivity index (χ1) is 14.1. The molecule has 0 radical (unpaired) electrons. The molecule has 146 valence electrons. The molecule has 1 aromatic carbocycles. The first-order valence-corrected chi connectivity index (χ1v) is 9.15. The molecule has 3 aromatic rings. The molecule has 29 heavy (non-hydrogen) atoms. The quantitative estimate of drug-likeness (QED) is 0.678. The van der Waals surface area contributed by atoms with Crippen molar-refractivity contribution in [2.24, 2.45) is 0 Å². The van der Waals surface area contributed by atoms with Crippen LogP contribution in [0.15, 0.2) is 42.6 Å². The van der Waals surface area contributed by atoms with Gasteiger partial charge in [0.15, 0.2) is 5.69 Å². The van der Waals surface area contributed by atoms with Crippen molar-refractivity contribution in [2.45, 2.75) is 6.92 Å². The van der Waals surface area contributed by atoms with Crippen LogP contribution >= 0.6 is 0 Å². The van der Waals surface area contributed by atoms with E-state index in [0.29, 0.717) is 43.1 Å². The number of piperazine rings is 1. The summed E-state index contributed by atoms with van der Waals surface area (Å²) < 4.78 is 14.7. The van der Waals surface area contributed by atoms with Gasteiger partial charge in [-0.2, -0.15) is 5.26 Å². The van der Waals surface area contributed by atoms with E-state index >= 15 is 0 Å². The van der Waals surface area contributed by atoms with Gasteiger partial charge in [0, 0.05) is 32.4 Å². The molecule has 1 aliphatic rings. The minimum atomic E-state index is -0.338. The second-order valence-corrected chi connectivity index (χ2v) is 6.71. The molecular weight excluding hydrogens is 373 g/mol. The van der Waals surface area contributed by atoms with Gasteiger partial charge < -0.3 is 9.80 Å². The van der Waals surface area contributed by atoms with Crippen LogP contribution in [0.2, 0.25) is 0 Å². The molecule has 9 heteroatoms. The van der Waals surface area contributed by atoms with E-state index in [2.05, 4.69) is 21.4 Å². The predicted molar refractivity (Wildman–Crippen MR) is 103 cm³/mol. The molecule has 0 N–H and O–H groups in total. The number of nitriles is 1. The Kier molecular flexibility index (Phi) is 4.91. The largest absolute Gasteiger partial charge is 0.353 e. The molecule has 1 aliphatic heterocycles. The Labute approximate surface area is 166 Å². The molecule has 0 spiro atoms. The maximum Gasteiger partial charge on any atom is 0.276 e. The number of anilines is 1. The molecule has 4 rings (SSSR count). The van der Waals surface area contributed by atoms with E-state index in [1.54, 1.807) is 42.3 Å². The molecule has 0 atom stereocenters. The van der Waals surface area contributed by atoms with E-state index in [4.69, 9.17) is 5.26 Å². The number of carbonyl (C=O) groups is 1. The highest BCUT2D eigenvalue weighted by molar-refractivity contribution is 5.93. The van der Waals surface area contributed by atoms with E-state index in [0.717, 1.165) is 5.82 Å². The van der Waals surface area contributed by atoms with Crippen LogP contribution in [0, 0.1) is 24.1 Å². The summed E-state index contributed by atoms with van der Waals surface area (Å²) >= 11 is 0. The highest BCUT2D eigenvalue weighted by Gasteiger charge is 2.27. The van der Waals surface area contributed by atoms with Crippen LogP contribution in [0.3, 0.4) is 0 Å². The maximum atomic E-state index is 13.1. The molecular formula is C20H18FN7O. The topological polar surface area (TPSA) is 90.9 Å². The fraction of sp³-hybridized carbons (Fsp3) is 0.250. The van der Waals surface area contributed by atoms with Crippen LogP contribution in [0.25, 0.3) is 5.69 Å². The molecule has 3 heterocycles. The smallest absolute Gasteiger partial charge is 0.276 e. The van der Waals surface area contributed by atoms with Crippen molar-refractivity contribution >= 4 is 11.7 Å². The van der Waals surface area contributed by atoms with Crippen molar-refractivity contribution in [3.8, 4) is 11.8 Å². The van der Waals surface area contributed by atoms with Crippen molar-refractivity contribution in [3.63, 3.8) is 0 Å². The highest BCUT2D eigenvalue weighted by atomic mass is 19.1. The third-order valence-electron chi connectivity index (χ3n) is 4.93. The van der Waals surface area contributed by atoms with Gasteiger partial charge in [-0.05, 0) is 43.3 Å². The fourth-order valence-corrected chi connectivity index (χ4v) is 3.30. The standard InChI is InChI=1S/C20H18FN7O/c1-14-19(24-25-28(14)17-4-2-16(21)3-5-17)20(29)27-10-8-26(9-11-27)18-12-15(13-22)6-7-23-18/h2-7,12H,8-11H2,1H3. The molecule has 0 saturated carbocycles. The lowest BCUT2D eigenvalue weighted by Crippen LogP contribution is -2.49. The summed E-state index contributed by atoms with van der Waals surface area (Å²) in [5.74, 6) is 0.208. The number of benzene rings is 1. The van der Waals surface area contributed by atoms with Crippen LogP contribution in [-0.2, 0) is 0 Å². The second kappa shape index (κ2) is 7.67. The van der Waals surface area contributed by atoms with Gasteiger partial charge in [-0.1, -0.05) is 5.21 Å². The summed E-state index contributed by atoms with van der Waals surface area (Å²) in [4.78, 5) is 21.0. The fourth-order valence-electron chi connectivity index (χ4n) is 3.30. The Bertz CT molecular complexity index is 1080. The number of pyridine rings is 1. The van der Waals surface area contributed by atoms with E-state index in [9.17, 15) is 9.18 Å². The van der Waals surface area contributed by atoms with E-state index in [1.807, 2.05) is 4.90 Å². The molecule has 1 fully saturated rings. The summed E-state index contributed by atoms with van der Waals surface area (Å²) in [6.07, 6.45) is 1.61. The maximum absolute atomic E-state index is 13.1. The van der Waals surface area contributed by atoms with E-state index in [-0.39, 0.29) is 17.4 Å². The Morgan fingerprint density at radius 1 is 1.14 bits per heavy atom. The predicted octanol–water partition coefficient (Wildman–Crippen LogP) is 1.94. The number of rotatable bonds is 3. The van der Waals surface area contributed by atoms with Crippen LogP contribution in [0.5, 0.6) is 0 Å². The monoisotopic (exact) mass is 391 g/mol. The first kappa shape index (κ1) is 18.6. The third kappa shape index (κ3) is 3.65. The molecule has 0 unspecified atom stereocenters. The van der Waals surface area contributed by atoms with Gasteiger partial charge in [-0.3, -0.25) is 4.79 Å². The van der Waals surface area contributed by atoms with Crippen molar-refractivity contribution < 1.29 is 9.18 Å². The van der Waals surface area contributed by atoms with Crippen molar-refractivity contribution in [3.05, 3.63) is 65.4 Å². The zero-order valence-corrected chi connectivity index (χ0v) is 15.8. The number of nitrogens with zero attached hydrogens (tertiary/aromatic N) is 7. The molecule has 2 aromatic heterocycles. The minimum absolute atomic E-state index is 0.186. The van der Waals surface area contributed by atoms with E-state index in [1.165, 1.54) is 16.8 Å². The normalized spacial score (nSPS) is 14.0. The van der Waals surface area contributed by atoms with Gasteiger partial charge in [-0.25, -0.2) is 14.1 Å².